The van der Waals surface area contributed by atoms with Gasteiger partial charge in [-0.15, -0.1) is 0 Å². The van der Waals surface area contributed by atoms with Gasteiger partial charge < -0.3 is 28.4 Å². The van der Waals surface area contributed by atoms with E-state index >= 15 is 0 Å². The first-order valence-corrected chi connectivity index (χ1v) is 14.4. The molecule has 0 bridgehead atoms. The molecule has 1 aliphatic heterocycles. The largest absolute Gasteiger partial charge is 0.468 e. The topological polar surface area (TPSA) is 89.5 Å². The lowest BCUT2D eigenvalue weighted by Gasteiger charge is -2.30. The fraction of sp³-hybridized carbons (Fsp3) is 0.471. The number of hydrogen-bond donors (Lipinski definition) is 0. The Balaban J connectivity index is 0.000000294. The molecule has 0 saturated heterocycles. The molecule has 1 heterocycles. The number of carbonyl (C=O) groups is 2. The number of rotatable bonds is 14. The molecule has 2 aromatic rings. The Morgan fingerprint density at radius 1 is 0.786 bits per heavy atom. The average Bonchev–Trinajstić information content (AvgIpc) is 3.42. The van der Waals surface area contributed by atoms with Crippen LogP contribution in [0.25, 0.3) is 0 Å². The maximum absolute atomic E-state index is 11.9. The summed E-state index contributed by atoms with van der Waals surface area (Å²) in [5.74, 6) is 1.39. The van der Waals surface area contributed by atoms with E-state index in [1.807, 2.05) is 63.2 Å². The van der Waals surface area contributed by atoms with E-state index in [4.69, 9.17) is 28.4 Å². The zero-order chi connectivity index (χ0) is 31.3. The van der Waals surface area contributed by atoms with E-state index in [9.17, 15) is 9.59 Å². The molecule has 2 aromatic carbocycles. The Kier molecular flexibility index (Phi) is 13.1. The predicted octanol–water partition coefficient (Wildman–Crippen LogP) is 7.74. The summed E-state index contributed by atoms with van der Waals surface area (Å²) in [5, 5.41) is 0. The molecular weight excluding hydrogens is 536 g/mol. The van der Waals surface area contributed by atoms with Gasteiger partial charge in [0.15, 0.2) is 18.3 Å². The first kappa shape index (κ1) is 34.4. The highest BCUT2D eigenvalue weighted by atomic mass is 16.7. The minimum absolute atomic E-state index is 0.229. The van der Waals surface area contributed by atoms with Crippen LogP contribution in [0, 0.1) is 0 Å². The molecule has 2 unspecified atom stereocenters. The fourth-order valence-electron chi connectivity index (χ4n) is 4.37. The van der Waals surface area contributed by atoms with Crippen LogP contribution in [0.4, 0.5) is 0 Å². The Morgan fingerprint density at radius 3 is 1.79 bits per heavy atom. The quantitative estimate of drug-likeness (QED) is 0.0967. The van der Waals surface area contributed by atoms with Crippen LogP contribution in [0.1, 0.15) is 85.3 Å². The Labute approximate surface area is 250 Å². The van der Waals surface area contributed by atoms with Crippen LogP contribution in [0.2, 0.25) is 0 Å². The van der Waals surface area contributed by atoms with Crippen molar-refractivity contribution in [2.75, 3.05) is 20.2 Å². The Bertz CT molecular complexity index is 1220. The summed E-state index contributed by atoms with van der Waals surface area (Å²) in [5.41, 5.74) is 1.28. The highest BCUT2D eigenvalue weighted by Crippen LogP contribution is 2.39. The maximum Gasteiger partial charge on any atom is 0.333 e. The van der Waals surface area contributed by atoms with Crippen LogP contribution in [0.5, 0.6) is 17.2 Å². The van der Waals surface area contributed by atoms with E-state index < -0.39 is 11.2 Å². The van der Waals surface area contributed by atoms with Crippen molar-refractivity contribution >= 4 is 11.9 Å². The first-order chi connectivity index (χ1) is 19.9. The van der Waals surface area contributed by atoms with Gasteiger partial charge in [-0.05, 0) is 82.9 Å². The van der Waals surface area contributed by atoms with Crippen LogP contribution in [-0.2, 0) is 35.0 Å². The van der Waals surface area contributed by atoms with Gasteiger partial charge in [0.2, 0.25) is 6.79 Å². The molecule has 0 aliphatic carbocycles. The van der Waals surface area contributed by atoms with Gasteiger partial charge in [-0.25, -0.2) is 9.59 Å². The van der Waals surface area contributed by atoms with Gasteiger partial charge in [0.1, 0.15) is 17.0 Å². The van der Waals surface area contributed by atoms with Gasteiger partial charge in [-0.2, -0.15) is 0 Å². The zero-order valence-corrected chi connectivity index (χ0v) is 26.2. The predicted molar refractivity (Wildman–Crippen MR) is 162 cm³/mol. The van der Waals surface area contributed by atoms with E-state index in [-0.39, 0.29) is 25.5 Å². The minimum Gasteiger partial charge on any atom is -0.468 e. The number of ether oxygens (including phenoxy) is 6. The highest BCUT2D eigenvalue weighted by molar-refractivity contribution is 5.87. The molecule has 8 nitrogen and oxygen atoms in total. The molecule has 0 N–H and O–H groups in total. The van der Waals surface area contributed by atoms with Crippen LogP contribution in [0.3, 0.4) is 0 Å². The van der Waals surface area contributed by atoms with Crippen molar-refractivity contribution in [3.63, 3.8) is 0 Å². The lowest BCUT2D eigenvalue weighted by molar-refractivity contribution is -0.156. The summed E-state index contributed by atoms with van der Waals surface area (Å²) >= 11 is 0. The van der Waals surface area contributed by atoms with Gasteiger partial charge in [0, 0.05) is 17.8 Å². The van der Waals surface area contributed by atoms with E-state index in [0.717, 1.165) is 48.3 Å². The van der Waals surface area contributed by atoms with Crippen LogP contribution in [0.15, 0.2) is 66.8 Å². The van der Waals surface area contributed by atoms with E-state index in [0.29, 0.717) is 23.5 Å². The number of hydrogen-bond acceptors (Lipinski definition) is 8. The highest BCUT2D eigenvalue weighted by Gasteiger charge is 2.32. The Hall–Kier alpha value is -3.78. The molecule has 3 rings (SSSR count). The molecule has 0 amide bonds. The third-order valence-corrected chi connectivity index (χ3v) is 6.75. The van der Waals surface area contributed by atoms with Gasteiger partial charge in [-0.1, -0.05) is 58.0 Å². The molecule has 0 spiro atoms. The SMILES string of the molecule is C=C(C)C(=O)OC(C)(CCC)c1ccc(OCOCC)cc1.C=C(C)C(=O)OC(C)(CCC)c1ccc2c(c1)OCO2. The van der Waals surface area contributed by atoms with Gasteiger partial charge in [0.25, 0.3) is 0 Å². The smallest absolute Gasteiger partial charge is 0.333 e. The molecule has 1 aliphatic rings. The summed E-state index contributed by atoms with van der Waals surface area (Å²) in [6, 6.07) is 13.2. The number of fused-ring (bicyclic) bond motifs is 1. The van der Waals surface area contributed by atoms with Crippen molar-refractivity contribution in [3.05, 3.63) is 77.9 Å². The van der Waals surface area contributed by atoms with Gasteiger partial charge in [-0.3, -0.25) is 0 Å². The van der Waals surface area contributed by atoms with Crippen molar-refractivity contribution in [2.45, 2.75) is 85.4 Å². The molecule has 8 heteroatoms. The molecule has 0 saturated carbocycles. The summed E-state index contributed by atoms with van der Waals surface area (Å²) in [4.78, 5) is 23.7. The number of carbonyl (C=O) groups excluding carboxylic acids is 2. The molecule has 230 valence electrons. The third kappa shape index (κ3) is 9.65. The number of esters is 2. The lowest BCUT2D eigenvalue weighted by Crippen LogP contribution is -2.29. The first-order valence-electron chi connectivity index (χ1n) is 14.4. The average molecular weight is 583 g/mol. The van der Waals surface area contributed by atoms with Gasteiger partial charge >= 0.3 is 11.9 Å². The summed E-state index contributed by atoms with van der Waals surface area (Å²) < 4.78 is 32.6. The van der Waals surface area contributed by atoms with E-state index in [1.165, 1.54) is 0 Å². The van der Waals surface area contributed by atoms with Crippen LogP contribution in [-0.4, -0.2) is 32.1 Å². The standard InChI is InChI=1S/C18H26O4.C16H20O4/c1-6-12-18(5,22-17(19)14(3)4)15-8-10-16(11-9-15)21-13-20-7-2;1-5-8-16(4,20-15(17)11(2)3)12-6-7-13-14(9-12)19-10-18-13/h8-11H,3,6-7,12-13H2,1-2,4-5H3;6-7,9H,2,5,8,10H2,1,3-4H3. The molecule has 0 fully saturated rings. The fourth-order valence-corrected chi connectivity index (χ4v) is 4.37. The van der Waals surface area contributed by atoms with Crippen LogP contribution >= 0.6 is 0 Å². The number of benzene rings is 2. The van der Waals surface area contributed by atoms with Crippen molar-refractivity contribution in [1.29, 1.82) is 0 Å². The second kappa shape index (κ2) is 16.0. The summed E-state index contributed by atoms with van der Waals surface area (Å²) in [7, 11) is 0. The molecular formula is C34H46O8. The Morgan fingerprint density at radius 2 is 1.29 bits per heavy atom. The van der Waals surface area contributed by atoms with Crippen molar-refractivity contribution in [2.24, 2.45) is 0 Å². The zero-order valence-electron chi connectivity index (χ0n) is 26.2. The molecule has 42 heavy (non-hydrogen) atoms. The lowest BCUT2D eigenvalue weighted by atomic mass is 9.90. The molecule has 0 aromatic heterocycles. The van der Waals surface area contributed by atoms with Gasteiger partial charge in [0.05, 0.1) is 0 Å². The third-order valence-electron chi connectivity index (χ3n) is 6.75. The second-order valence-corrected chi connectivity index (χ2v) is 10.6. The van der Waals surface area contributed by atoms with Crippen molar-refractivity contribution < 1.29 is 38.0 Å². The normalized spacial score (nSPS) is 14.4. The van der Waals surface area contributed by atoms with E-state index in [2.05, 4.69) is 27.0 Å². The van der Waals surface area contributed by atoms with E-state index in [1.54, 1.807) is 13.8 Å². The van der Waals surface area contributed by atoms with Crippen molar-refractivity contribution in [1.82, 2.24) is 0 Å². The molecule has 0 radical (unpaired) electrons. The summed E-state index contributed by atoms with van der Waals surface area (Å²) in [6.45, 7) is 21.5. The maximum atomic E-state index is 11.9. The van der Waals surface area contributed by atoms with Crippen LogP contribution < -0.4 is 14.2 Å². The second-order valence-electron chi connectivity index (χ2n) is 10.6. The monoisotopic (exact) mass is 582 g/mol. The minimum atomic E-state index is -0.689. The summed E-state index contributed by atoms with van der Waals surface area (Å²) in [6.07, 6.45) is 3.27. The van der Waals surface area contributed by atoms with Crippen molar-refractivity contribution in [3.8, 4) is 17.2 Å². The molecule has 2 atom stereocenters.